The molecule has 0 aliphatic rings. The van der Waals surface area contributed by atoms with Crippen LogP contribution in [-0.4, -0.2) is 4.98 Å². The van der Waals surface area contributed by atoms with Crippen LogP contribution in [0.3, 0.4) is 0 Å². The molecule has 0 aliphatic carbocycles. The van der Waals surface area contributed by atoms with Gasteiger partial charge in [-0.15, -0.1) is 11.3 Å². The summed E-state index contributed by atoms with van der Waals surface area (Å²) in [6, 6.07) is 4.43. The smallest absolute Gasteiger partial charge is 0.0809 e. The molecule has 17 heavy (non-hydrogen) atoms. The van der Waals surface area contributed by atoms with Gasteiger partial charge < -0.3 is 0 Å². The van der Waals surface area contributed by atoms with Crippen molar-refractivity contribution < 1.29 is 0 Å². The molecule has 0 bridgehead atoms. The van der Waals surface area contributed by atoms with E-state index in [4.69, 9.17) is 5.84 Å². The Hall–Kier alpha value is -0.970. The van der Waals surface area contributed by atoms with Gasteiger partial charge in [0.2, 0.25) is 0 Å². The summed E-state index contributed by atoms with van der Waals surface area (Å²) in [5.74, 6) is 6.20. The molecule has 2 atom stereocenters. The fraction of sp³-hybridized carbons (Fsp3) is 0.462. The molecule has 0 aliphatic heterocycles. The van der Waals surface area contributed by atoms with Gasteiger partial charge in [0, 0.05) is 6.20 Å². The van der Waals surface area contributed by atoms with Gasteiger partial charge in [0.05, 0.1) is 16.3 Å². The SMILES string of the molecule is CCCC(C)C(NN)c1cnc2ccsc2c1. The Morgan fingerprint density at radius 3 is 3.06 bits per heavy atom. The van der Waals surface area contributed by atoms with Crippen LogP contribution in [0.25, 0.3) is 10.2 Å². The zero-order valence-electron chi connectivity index (χ0n) is 10.3. The van der Waals surface area contributed by atoms with E-state index in [1.807, 2.05) is 12.3 Å². The minimum atomic E-state index is 0.189. The topological polar surface area (TPSA) is 50.9 Å². The van der Waals surface area contributed by atoms with E-state index in [9.17, 15) is 0 Å². The maximum atomic E-state index is 5.68. The molecule has 2 rings (SSSR count). The highest BCUT2D eigenvalue weighted by Crippen LogP contribution is 2.28. The summed E-state index contributed by atoms with van der Waals surface area (Å²) < 4.78 is 1.23. The van der Waals surface area contributed by atoms with Gasteiger partial charge in [-0.2, -0.15) is 0 Å². The summed E-state index contributed by atoms with van der Waals surface area (Å²) >= 11 is 1.72. The fourth-order valence-electron chi connectivity index (χ4n) is 2.24. The molecule has 0 radical (unpaired) electrons. The lowest BCUT2D eigenvalue weighted by Crippen LogP contribution is -2.32. The second kappa shape index (κ2) is 5.58. The zero-order chi connectivity index (χ0) is 12.3. The van der Waals surface area contributed by atoms with Gasteiger partial charge in [-0.25, -0.2) is 0 Å². The molecular formula is C13H19N3S. The van der Waals surface area contributed by atoms with Gasteiger partial charge in [0.15, 0.2) is 0 Å². The number of thiophene rings is 1. The second-order valence-electron chi connectivity index (χ2n) is 4.48. The first-order chi connectivity index (χ1) is 8.26. The number of rotatable bonds is 5. The van der Waals surface area contributed by atoms with Crippen LogP contribution < -0.4 is 11.3 Å². The minimum Gasteiger partial charge on any atom is -0.271 e. The number of nitrogens with zero attached hydrogens (tertiary/aromatic N) is 1. The van der Waals surface area contributed by atoms with Gasteiger partial charge >= 0.3 is 0 Å². The zero-order valence-corrected chi connectivity index (χ0v) is 11.1. The van der Waals surface area contributed by atoms with Crippen LogP contribution in [0.2, 0.25) is 0 Å². The first-order valence-corrected chi connectivity index (χ1v) is 6.93. The summed E-state index contributed by atoms with van der Waals surface area (Å²) in [5.41, 5.74) is 5.18. The van der Waals surface area contributed by atoms with Crippen LogP contribution in [0.5, 0.6) is 0 Å². The minimum absolute atomic E-state index is 0.189. The van der Waals surface area contributed by atoms with Crippen molar-refractivity contribution in [2.45, 2.75) is 32.7 Å². The third-order valence-electron chi connectivity index (χ3n) is 3.18. The van der Waals surface area contributed by atoms with Crippen LogP contribution in [-0.2, 0) is 0 Å². The Bertz CT molecular complexity index is 480. The van der Waals surface area contributed by atoms with Gasteiger partial charge in [0.1, 0.15) is 0 Å². The van der Waals surface area contributed by atoms with Crippen molar-refractivity contribution in [3.05, 3.63) is 29.3 Å². The number of nitrogens with two attached hydrogens (primary N) is 1. The molecule has 0 amide bonds. The quantitative estimate of drug-likeness (QED) is 0.632. The van der Waals surface area contributed by atoms with Crippen molar-refractivity contribution in [2.75, 3.05) is 0 Å². The number of nitrogens with one attached hydrogen (secondary N) is 1. The average molecular weight is 249 g/mol. The Morgan fingerprint density at radius 1 is 1.53 bits per heavy atom. The number of aromatic nitrogens is 1. The molecule has 0 saturated carbocycles. The number of hydrogen-bond acceptors (Lipinski definition) is 4. The van der Waals surface area contributed by atoms with E-state index >= 15 is 0 Å². The highest BCUT2D eigenvalue weighted by atomic mass is 32.1. The molecule has 3 N–H and O–H groups in total. The molecule has 2 aromatic rings. The fourth-order valence-corrected chi connectivity index (χ4v) is 3.03. The van der Waals surface area contributed by atoms with Crippen molar-refractivity contribution in [2.24, 2.45) is 11.8 Å². The standard InChI is InChI=1S/C13H19N3S/c1-3-4-9(2)13(16-14)10-7-12-11(15-8-10)5-6-17-12/h5-9,13,16H,3-4,14H2,1-2H3. The largest absolute Gasteiger partial charge is 0.271 e. The van der Waals surface area contributed by atoms with E-state index in [1.54, 1.807) is 11.3 Å². The van der Waals surface area contributed by atoms with Gasteiger partial charge in [-0.1, -0.05) is 20.3 Å². The average Bonchev–Trinajstić information content (AvgIpc) is 2.77. The number of pyridine rings is 1. The predicted molar refractivity (Wildman–Crippen MR) is 73.8 cm³/mol. The molecule has 92 valence electrons. The second-order valence-corrected chi connectivity index (χ2v) is 5.43. The summed E-state index contributed by atoms with van der Waals surface area (Å²) in [6.07, 6.45) is 4.27. The first-order valence-electron chi connectivity index (χ1n) is 6.05. The highest BCUT2D eigenvalue weighted by molar-refractivity contribution is 7.17. The molecule has 2 unspecified atom stereocenters. The van der Waals surface area contributed by atoms with E-state index < -0.39 is 0 Å². The molecule has 2 aromatic heterocycles. The van der Waals surface area contributed by atoms with Crippen LogP contribution >= 0.6 is 11.3 Å². The molecule has 3 nitrogen and oxygen atoms in total. The van der Waals surface area contributed by atoms with Gasteiger partial charge in [-0.05, 0) is 35.4 Å². The van der Waals surface area contributed by atoms with E-state index in [2.05, 4.69) is 35.7 Å². The van der Waals surface area contributed by atoms with Crippen molar-refractivity contribution in [3.63, 3.8) is 0 Å². The van der Waals surface area contributed by atoms with E-state index in [1.165, 1.54) is 16.7 Å². The van der Waals surface area contributed by atoms with Crippen LogP contribution in [0, 0.1) is 5.92 Å². The maximum Gasteiger partial charge on any atom is 0.0809 e. The van der Waals surface area contributed by atoms with Crippen molar-refractivity contribution in [1.29, 1.82) is 0 Å². The van der Waals surface area contributed by atoms with Crippen molar-refractivity contribution in [1.82, 2.24) is 10.4 Å². The molecule has 0 saturated heterocycles. The third-order valence-corrected chi connectivity index (χ3v) is 4.03. The third kappa shape index (κ3) is 2.65. The number of fused-ring (bicyclic) bond motifs is 1. The molecule has 0 fully saturated rings. The summed E-state index contributed by atoms with van der Waals surface area (Å²) in [4.78, 5) is 4.47. The van der Waals surface area contributed by atoms with E-state index in [0.717, 1.165) is 11.9 Å². The monoisotopic (exact) mass is 249 g/mol. The highest BCUT2D eigenvalue weighted by Gasteiger charge is 2.18. The van der Waals surface area contributed by atoms with Gasteiger partial charge in [-0.3, -0.25) is 16.3 Å². The number of hydrogen-bond donors (Lipinski definition) is 2. The Morgan fingerprint density at radius 2 is 2.35 bits per heavy atom. The van der Waals surface area contributed by atoms with Gasteiger partial charge in [0.25, 0.3) is 0 Å². The Labute approximate surface area is 106 Å². The molecular weight excluding hydrogens is 230 g/mol. The Kier molecular flexibility index (Phi) is 4.10. The normalized spacial score (nSPS) is 15.0. The molecule has 0 aromatic carbocycles. The Balaban J connectivity index is 2.28. The summed E-state index contributed by atoms with van der Waals surface area (Å²) in [6.45, 7) is 4.43. The number of hydrazine groups is 1. The maximum absolute atomic E-state index is 5.68. The van der Waals surface area contributed by atoms with E-state index in [-0.39, 0.29) is 6.04 Å². The predicted octanol–water partition coefficient (Wildman–Crippen LogP) is 3.24. The lowest BCUT2D eigenvalue weighted by Gasteiger charge is -2.23. The van der Waals surface area contributed by atoms with E-state index in [0.29, 0.717) is 5.92 Å². The molecule has 0 spiro atoms. The summed E-state index contributed by atoms with van der Waals surface area (Å²) in [5, 5.41) is 2.07. The van der Waals surface area contributed by atoms with Crippen molar-refractivity contribution >= 4 is 21.6 Å². The molecule has 2 heterocycles. The van der Waals surface area contributed by atoms with Crippen LogP contribution in [0.4, 0.5) is 0 Å². The molecule has 4 heteroatoms. The van der Waals surface area contributed by atoms with Crippen LogP contribution in [0.1, 0.15) is 38.3 Å². The first kappa shape index (κ1) is 12.5. The van der Waals surface area contributed by atoms with Crippen molar-refractivity contribution in [3.8, 4) is 0 Å². The summed E-state index contributed by atoms with van der Waals surface area (Å²) in [7, 11) is 0. The lowest BCUT2D eigenvalue weighted by molar-refractivity contribution is 0.368. The van der Waals surface area contributed by atoms with Crippen LogP contribution in [0.15, 0.2) is 23.7 Å². The lowest BCUT2D eigenvalue weighted by atomic mass is 9.92.